The summed E-state index contributed by atoms with van der Waals surface area (Å²) in [7, 11) is 1.93. The molecule has 0 bridgehead atoms. The number of furan rings is 1. The molecule has 0 aromatic carbocycles. The lowest BCUT2D eigenvalue weighted by molar-refractivity contribution is 0.0972. The molecule has 3 heterocycles. The number of rotatable bonds is 6. The molecule has 1 saturated heterocycles. The summed E-state index contributed by atoms with van der Waals surface area (Å²) in [5, 5.41) is 11.0. The molecule has 1 fully saturated rings. The van der Waals surface area contributed by atoms with Gasteiger partial charge in [0.05, 0.1) is 11.9 Å². The van der Waals surface area contributed by atoms with Gasteiger partial charge >= 0.3 is 0 Å². The molecule has 2 aromatic heterocycles. The minimum Gasteiger partial charge on any atom is -0.454 e. The van der Waals surface area contributed by atoms with E-state index in [0.717, 1.165) is 44.1 Å². The number of nitrogens with zero attached hydrogens (tertiary/aromatic N) is 4. The number of aromatic nitrogens is 2. The number of primary amides is 1. The maximum atomic E-state index is 11.1. The molecular weight excluding hydrogens is 346 g/mol. The van der Waals surface area contributed by atoms with Gasteiger partial charge in [0.1, 0.15) is 12.3 Å². The van der Waals surface area contributed by atoms with E-state index in [4.69, 9.17) is 10.2 Å². The number of amides is 1. The van der Waals surface area contributed by atoms with Gasteiger partial charge in [0.25, 0.3) is 5.91 Å². The Morgan fingerprint density at radius 3 is 3.00 bits per heavy atom. The number of aryl methyl sites for hydroxylation is 1. The Morgan fingerprint density at radius 2 is 2.33 bits per heavy atom. The Labute approximate surface area is 158 Å². The van der Waals surface area contributed by atoms with E-state index in [1.54, 1.807) is 12.1 Å². The summed E-state index contributed by atoms with van der Waals surface area (Å²) in [6, 6.07) is 3.58. The lowest BCUT2D eigenvalue weighted by Gasteiger charge is -2.34. The van der Waals surface area contributed by atoms with Crippen LogP contribution < -0.4 is 21.3 Å². The largest absolute Gasteiger partial charge is 0.454 e. The van der Waals surface area contributed by atoms with E-state index in [1.807, 2.05) is 31.0 Å². The molecule has 0 aliphatic carbocycles. The van der Waals surface area contributed by atoms with Crippen LogP contribution in [0.4, 0.5) is 5.69 Å². The predicted molar refractivity (Wildman–Crippen MR) is 104 cm³/mol. The second kappa shape index (κ2) is 8.61. The molecule has 1 atom stereocenters. The smallest absolute Gasteiger partial charge is 0.284 e. The third-order valence-electron chi connectivity index (χ3n) is 4.46. The fourth-order valence-corrected chi connectivity index (χ4v) is 3.17. The molecule has 1 aliphatic heterocycles. The zero-order chi connectivity index (χ0) is 19.2. The van der Waals surface area contributed by atoms with Crippen LogP contribution in [0.3, 0.4) is 0 Å². The molecule has 9 nitrogen and oxygen atoms in total. The third-order valence-corrected chi connectivity index (χ3v) is 4.46. The van der Waals surface area contributed by atoms with Crippen LogP contribution in [0.5, 0.6) is 0 Å². The van der Waals surface area contributed by atoms with Gasteiger partial charge in [-0.1, -0.05) is 0 Å². The zero-order valence-electron chi connectivity index (χ0n) is 15.8. The van der Waals surface area contributed by atoms with Gasteiger partial charge in [0, 0.05) is 38.9 Å². The highest BCUT2D eigenvalue weighted by molar-refractivity contribution is 5.89. The number of nitrogens with two attached hydrogens (primary N) is 1. The Hall–Kier alpha value is -2.97. The van der Waals surface area contributed by atoms with Crippen LogP contribution in [0.2, 0.25) is 0 Å². The average Bonchev–Trinajstić information content (AvgIpc) is 3.29. The van der Waals surface area contributed by atoms with Crippen LogP contribution in [0, 0.1) is 0 Å². The monoisotopic (exact) mass is 373 g/mol. The molecule has 27 heavy (non-hydrogen) atoms. The summed E-state index contributed by atoms with van der Waals surface area (Å²) in [6.45, 7) is 5.04. The van der Waals surface area contributed by atoms with Crippen LogP contribution in [-0.2, 0) is 13.6 Å². The number of guanidine groups is 1. The number of aliphatic imine (C=N–C) groups is 1. The SMILES string of the molecule is CCNC(=NCc1ccc(C(N)=O)o1)NC1CCCN(c2cnn(C)c2)C1. The Bertz CT molecular complexity index is 795. The number of hydrogen-bond donors (Lipinski definition) is 3. The average molecular weight is 373 g/mol. The van der Waals surface area contributed by atoms with Gasteiger partial charge in [-0.3, -0.25) is 9.48 Å². The van der Waals surface area contributed by atoms with Crippen molar-refractivity contribution < 1.29 is 9.21 Å². The van der Waals surface area contributed by atoms with Gasteiger partial charge in [-0.25, -0.2) is 4.99 Å². The molecule has 1 unspecified atom stereocenters. The number of nitrogens with one attached hydrogen (secondary N) is 2. The van der Waals surface area contributed by atoms with Crippen molar-refractivity contribution in [2.75, 3.05) is 24.5 Å². The fourth-order valence-electron chi connectivity index (χ4n) is 3.17. The van der Waals surface area contributed by atoms with Gasteiger partial charge in [-0.05, 0) is 31.9 Å². The molecular formula is C18H27N7O2. The first-order valence-electron chi connectivity index (χ1n) is 9.22. The van der Waals surface area contributed by atoms with Crippen LogP contribution in [0.15, 0.2) is 33.9 Å². The first kappa shape index (κ1) is 18.8. The molecule has 0 radical (unpaired) electrons. The molecule has 2 aromatic rings. The van der Waals surface area contributed by atoms with Crippen molar-refractivity contribution in [2.24, 2.45) is 17.8 Å². The molecule has 1 amide bonds. The van der Waals surface area contributed by atoms with Gasteiger partial charge in [0.2, 0.25) is 0 Å². The molecule has 0 spiro atoms. The van der Waals surface area contributed by atoms with Crippen LogP contribution >= 0.6 is 0 Å². The van der Waals surface area contributed by atoms with Gasteiger partial charge in [-0.2, -0.15) is 5.10 Å². The van der Waals surface area contributed by atoms with E-state index in [1.165, 1.54) is 0 Å². The van der Waals surface area contributed by atoms with Crippen molar-refractivity contribution in [3.8, 4) is 0 Å². The molecule has 1 aliphatic rings. The lowest BCUT2D eigenvalue weighted by Crippen LogP contribution is -2.51. The van der Waals surface area contributed by atoms with Gasteiger partial charge in [-0.15, -0.1) is 0 Å². The number of piperidine rings is 1. The van der Waals surface area contributed by atoms with E-state index in [9.17, 15) is 4.79 Å². The van der Waals surface area contributed by atoms with Gasteiger partial charge < -0.3 is 25.7 Å². The van der Waals surface area contributed by atoms with E-state index in [0.29, 0.717) is 12.3 Å². The number of carbonyl (C=O) groups excluding carboxylic acids is 1. The number of hydrogen-bond acceptors (Lipinski definition) is 5. The Balaban J connectivity index is 1.61. The van der Waals surface area contributed by atoms with Gasteiger partial charge in [0.15, 0.2) is 11.7 Å². The molecule has 3 rings (SSSR count). The number of anilines is 1. The zero-order valence-corrected chi connectivity index (χ0v) is 15.8. The highest BCUT2D eigenvalue weighted by atomic mass is 16.3. The van der Waals surface area contributed by atoms with E-state index >= 15 is 0 Å². The molecule has 0 saturated carbocycles. The standard InChI is InChI=1S/C18H27N7O2/c1-3-20-18(21-10-15-6-7-16(27-15)17(19)26)23-13-5-4-8-25(11-13)14-9-22-24(2)12-14/h6-7,9,12-13H,3-5,8,10-11H2,1-2H3,(H2,19,26)(H2,20,21,23). The summed E-state index contributed by atoms with van der Waals surface area (Å²) < 4.78 is 7.21. The summed E-state index contributed by atoms with van der Waals surface area (Å²) >= 11 is 0. The molecule has 9 heteroatoms. The normalized spacial score (nSPS) is 17.8. The number of carbonyl (C=O) groups is 1. The second-order valence-electron chi connectivity index (χ2n) is 6.63. The maximum Gasteiger partial charge on any atom is 0.284 e. The molecule has 146 valence electrons. The molecule has 4 N–H and O–H groups in total. The summed E-state index contributed by atoms with van der Waals surface area (Å²) in [5.74, 6) is 0.903. The Morgan fingerprint density at radius 1 is 1.48 bits per heavy atom. The summed E-state index contributed by atoms with van der Waals surface area (Å²) in [6.07, 6.45) is 6.11. The van der Waals surface area contributed by atoms with Crippen molar-refractivity contribution in [3.63, 3.8) is 0 Å². The van der Waals surface area contributed by atoms with Crippen molar-refractivity contribution >= 4 is 17.6 Å². The van der Waals surface area contributed by atoms with E-state index in [2.05, 4.69) is 25.6 Å². The first-order chi connectivity index (χ1) is 13.0. The highest BCUT2D eigenvalue weighted by Gasteiger charge is 2.21. The summed E-state index contributed by atoms with van der Waals surface area (Å²) in [5.41, 5.74) is 6.35. The second-order valence-corrected chi connectivity index (χ2v) is 6.63. The Kier molecular flexibility index (Phi) is 6.00. The van der Waals surface area contributed by atoms with Crippen molar-refractivity contribution in [1.29, 1.82) is 0 Å². The van der Waals surface area contributed by atoms with Crippen LogP contribution in [0.1, 0.15) is 36.1 Å². The lowest BCUT2D eigenvalue weighted by atomic mass is 10.1. The van der Waals surface area contributed by atoms with Crippen LogP contribution in [0.25, 0.3) is 0 Å². The summed E-state index contributed by atoms with van der Waals surface area (Å²) in [4.78, 5) is 18.0. The third kappa shape index (κ3) is 5.02. The maximum absolute atomic E-state index is 11.1. The minimum atomic E-state index is -0.576. The van der Waals surface area contributed by atoms with E-state index < -0.39 is 5.91 Å². The highest BCUT2D eigenvalue weighted by Crippen LogP contribution is 2.19. The quantitative estimate of drug-likeness (QED) is 0.511. The first-order valence-corrected chi connectivity index (χ1v) is 9.22. The fraction of sp³-hybridized carbons (Fsp3) is 0.500. The topological polar surface area (TPSA) is 114 Å². The van der Waals surface area contributed by atoms with Crippen molar-refractivity contribution in [3.05, 3.63) is 36.0 Å². The minimum absolute atomic E-state index is 0.151. The van der Waals surface area contributed by atoms with Crippen molar-refractivity contribution in [1.82, 2.24) is 20.4 Å². The van der Waals surface area contributed by atoms with E-state index in [-0.39, 0.29) is 11.8 Å². The van der Waals surface area contributed by atoms with Crippen molar-refractivity contribution in [2.45, 2.75) is 32.4 Å². The predicted octanol–water partition coefficient (Wildman–Crippen LogP) is 0.836. The van der Waals surface area contributed by atoms with Crippen LogP contribution in [-0.4, -0.2) is 47.3 Å².